The average molecular weight is 265 g/mol. The van der Waals surface area contributed by atoms with E-state index in [2.05, 4.69) is 25.7 Å². The minimum Gasteiger partial charge on any atom is -0.475 e. The average Bonchev–Trinajstić information content (AvgIpc) is 2.74. The Labute approximate surface area is 114 Å². The van der Waals surface area contributed by atoms with Gasteiger partial charge in [0.25, 0.3) is 0 Å². The van der Waals surface area contributed by atoms with Crippen molar-refractivity contribution in [2.45, 2.75) is 52.0 Å². The van der Waals surface area contributed by atoms with E-state index in [0.29, 0.717) is 0 Å². The van der Waals surface area contributed by atoms with Crippen LogP contribution < -0.4 is 0 Å². The molecule has 1 N–H and O–H groups in total. The van der Waals surface area contributed by atoms with Crippen molar-refractivity contribution in [3.05, 3.63) is 23.2 Å². The molecule has 4 heteroatoms. The molecule has 0 saturated carbocycles. The lowest BCUT2D eigenvalue weighted by Gasteiger charge is -2.27. The van der Waals surface area contributed by atoms with E-state index in [1.165, 1.54) is 19.3 Å². The Bertz CT molecular complexity index is 450. The minimum atomic E-state index is -0.990. The van der Waals surface area contributed by atoms with Crippen molar-refractivity contribution in [3.8, 4) is 0 Å². The molecule has 2 rings (SSSR count). The van der Waals surface area contributed by atoms with Crippen LogP contribution >= 0.6 is 0 Å². The molecule has 0 aromatic carbocycles. The van der Waals surface area contributed by atoms with Gasteiger partial charge in [-0.05, 0) is 32.0 Å². The Hall–Kier alpha value is -1.29. The van der Waals surface area contributed by atoms with Crippen molar-refractivity contribution in [3.63, 3.8) is 0 Å². The van der Waals surface area contributed by atoms with Crippen molar-refractivity contribution in [2.24, 2.45) is 0 Å². The first-order valence-electron chi connectivity index (χ1n) is 6.97. The molecule has 2 heterocycles. The SMILES string of the molecule is CC(C)(C)c1oc(C(=O)O)cc1CN1CCCCC1. The highest BCUT2D eigenvalue weighted by atomic mass is 16.4. The number of carboxylic acids is 1. The van der Waals surface area contributed by atoms with Crippen molar-refractivity contribution >= 4 is 5.97 Å². The normalized spacial score (nSPS) is 17.6. The fourth-order valence-electron chi connectivity index (χ4n) is 2.64. The molecular formula is C15H23NO3. The van der Waals surface area contributed by atoms with E-state index in [1.807, 2.05) is 0 Å². The number of carboxylic acid groups (broad SMARTS) is 1. The predicted octanol–water partition coefficient (Wildman–Crippen LogP) is 3.26. The van der Waals surface area contributed by atoms with E-state index in [-0.39, 0.29) is 11.2 Å². The molecular weight excluding hydrogens is 242 g/mol. The van der Waals surface area contributed by atoms with Gasteiger partial charge in [-0.15, -0.1) is 0 Å². The van der Waals surface area contributed by atoms with Crippen LogP contribution in [0.4, 0.5) is 0 Å². The smallest absolute Gasteiger partial charge is 0.371 e. The lowest BCUT2D eigenvalue weighted by Crippen LogP contribution is -2.30. The van der Waals surface area contributed by atoms with Gasteiger partial charge >= 0.3 is 5.97 Å². The molecule has 1 aromatic rings. The topological polar surface area (TPSA) is 53.7 Å². The molecule has 0 atom stereocenters. The van der Waals surface area contributed by atoms with E-state index in [0.717, 1.165) is 31.0 Å². The van der Waals surface area contributed by atoms with E-state index in [4.69, 9.17) is 9.52 Å². The first-order chi connectivity index (χ1) is 8.88. The number of furan rings is 1. The van der Waals surface area contributed by atoms with Crippen molar-refractivity contribution in [2.75, 3.05) is 13.1 Å². The molecule has 4 nitrogen and oxygen atoms in total. The standard InChI is InChI=1S/C15H23NO3/c1-15(2,3)13-11(9-12(19-13)14(17)18)10-16-7-5-4-6-8-16/h9H,4-8,10H2,1-3H3,(H,17,18). The second-order valence-corrected chi connectivity index (χ2v) is 6.36. The molecule has 0 bridgehead atoms. The minimum absolute atomic E-state index is 0.0527. The second-order valence-electron chi connectivity index (χ2n) is 6.36. The molecule has 1 aliphatic rings. The number of nitrogens with zero attached hydrogens (tertiary/aromatic N) is 1. The molecule has 0 spiro atoms. The van der Waals surface area contributed by atoms with Gasteiger partial charge in [-0.2, -0.15) is 0 Å². The van der Waals surface area contributed by atoms with Crippen LogP contribution in [0.2, 0.25) is 0 Å². The molecule has 0 radical (unpaired) electrons. The Morgan fingerprint density at radius 1 is 1.32 bits per heavy atom. The number of rotatable bonds is 3. The predicted molar refractivity (Wildman–Crippen MR) is 73.5 cm³/mol. The molecule has 0 aliphatic carbocycles. The molecule has 1 saturated heterocycles. The number of aromatic carboxylic acids is 1. The summed E-state index contributed by atoms with van der Waals surface area (Å²) in [4.78, 5) is 13.5. The summed E-state index contributed by atoms with van der Waals surface area (Å²) < 4.78 is 5.56. The second kappa shape index (κ2) is 5.37. The van der Waals surface area contributed by atoms with Gasteiger partial charge in [0.05, 0.1) is 0 Å². The van der Waals surface area contributed by atoms with E-state index >= 15 is 0 Å². The number of carbonyl (C=O) groups is 1. The van der Waals surface area contributed by atoms with Crippen LogP contribution in [0.25, 0.3) is 0 Å². The molecule has 106 valence electrons. The van der Waals surface area contributed by atoms with Crippen LogP contribution in [-0.2, 0) is 12.0 Å². The number of piperidine rings is 1. The van der Waals surface area contributed by atoms with Crippen LogP contribution in [0, 0.1) is 0 Å². The molecule has 0 unspecified atom stereocenters. The largest absolute Gasteiger partial charge is 0.475 e. The Morgan fingerprint density at radius 2 is 1.95 bits per heavy atom. The van der Waals surface area contributed by atoms with E-state index < -0.39 is 5.97 Å². The zero-order valence-electron chi connectivity index (χ0n) is 12.0. The van der Waals surface area contributed by atoms with Gasteiger partial charge in [0.2, 0.25) is 5.76 Å². The Kier molecular flexibility index (Phi) is 3.99. The summed E-state index contributed by atoms with van der Waals surface area (Å²) in [6, 6.07) is 1.69. The molecule has 1 aliphatic heterocycles. The number of hydrogen-bond acceptors (Lipinski definition) is 3. The number of hydrogen-bond donors (Lipinski definition) is 1. The summed E-state index contributed by atoms with van der Waals surface area (Å²) in [5.41, 5.74) is 0.852. The van der Waals surface area contributed by atoms with Gasteiger partial charge in [0, 0.05) is 17.5 Å². The fourth-order valence-corrected chi connectivity index (χ4v) is 2.64. The maximum Gasteiger partial charge on any atom is 0.371 e. The van der Waals surface area contributed by atoms with Gasteiger partial charge in [-0.3, -0.25) is 4.90 Å². The van der Waals surface area contributed by atoms with Crippen LogP contribution in [-0.4, -0.2) is 29.1 Å². The zero-order chi connectivity index (χ0) is 14.0. The Balaban J connectivity index is 2.24. The maximum absolute atomic E-state index is 11.1. The van der Waals surface area contributed by atoms with Gasteiger partial charge < -0.3 is 9.52 Å². The van der Waals surface area contributed by atoms with Crippen LogP contribution in [0.5, 0.6) is 0 Å². The first-order valence-corrected chi connectivity index (χ1v) is 6.97. The third-order valence-electron chi connectivity index (χ3n) is 3.54. The summed E-state index contributed by atoms with van der Waals surface area (Å²) in [6.07, 6.45) is 3.76. The van der Waals surface area contributed by atoms with E-state index in [1.54, 1.807) is 6.07 Å². The quantitative estimate of drug-likeness (QED) is 0.911. The Morgan fingerprint density at radius 3 is 2.47 bits per heavy atom. The van der Waals surface area contributed by atoms with Crippen LogP contribution in [0.15, 0.2) is 10.5 Å². The zero-order valence-corrected chi connectivity index (χ0v) is 12.0. The van der Waals surface area contributed by atoms with Gasteiger partial charge in [-0.1, -0.05) is 27.2 Å². The van der Waals surface area contributed by atoms with Gasteiger partial charge in [0.15, 0.2) is 0 Å². The third kappa shape index (κ3) is 3.38. The number of likely N-dealkylation sites (tertiary alicyclic amines) is 1. The summed E-state index contributed by atoms with van der Waals surface area (Å²) in [5.74, 6) is -0.136. The lowest BCUT2D eigenvalue weighted by molar-refractivity contribution is 0.0658. The molecule has 1 fully saturated rings. The summed E-state index contributed by atoms with van der Waals surface area (Å²) >= 11 is 0. The van der Waals surface area contributed by atoms with Crippen molar-refractivity contribution in [1.29, 1.82) is 0 Å². The van der Waals surface area contributed by atoms with Gasteiger partial charge in [0.1, 0.15) is 5.76 Å². The van der Waals surface area contributed by atoms with Crippen LogP contribution in [0.1, 0.15) is 61.9 Å². The molecule has 1 aromatic heterocycles. The van der Waals surface area contributed by atoms with Crippen molar-refractivity contribution in [1.82, 2.24) is 4.90 Å². The first kappa shape index (κ1) is 14.1. The molecule has 19 heavy (non-hydrogen) atoms. The lowest BCUT2D eigenvalue weighted by atomic mass is 9.90. The summed E-state index contributed by atoms with van der Waals surface area (Å²) in [6.45, 7) is 9.14. The third-order valence-corrected chi connectivity index (χ3v) is 3.54. The highest BCUT2D eigenvalue weighted by molar-refractivity contribution is 5.84. The fraction of sp³-hybridized carbons (Fsp3) is 0.667. The van der Waals surface area contributed by atoms with E-state index in [9.17, 15) is 4.79 Å². The molecule has 0 amide bonds. The highest BCUT2D eigenvalue weighted by Gasteiger charge is 2.26. The monoisotopic (exact) mass is 265 g/mol. The summed E-state index contributed by atoms with van der Waals surface area (Å²) in [7, 11) is 0. The van der Waals surface area contributed by atoms with Crippen molar-refractivity contribution < 1.29 is 14.3 Å². The highest BCUT2D eigenvalue weighted by Crippen LogP contribution is 2.30. The summed E-state index contributed by atoms with van der Waals surface area (Å²) in [5, 5.41) is 9.09. The maximum atomic E-state index is 11.1. The van der Waals surface area contributed by atoms with Gasteiger partial charge in [-0.25, -0.2) is 4.79 Å². The van der Waals surface area contributed by atoms with Crippen LogP contribution in [0.3, 0.4) is 0 Å².